The third kappa shape index (κ3) is 8.37. The van der Waals surface area contributed by atoms with Gasteiger partial charge in [-0.15, -0.1) is 0 Å². The standard InChI is InChI=1S/C39H51N3/c1-8-9-10-11-12-13-14-15-16-17-18-33-19-21-34(22-20-33)37-40-38(35-25-29(4)27(2)23-31(35)6)42-39(41-37)36-26-30(5)28(3)24-32(36)7/h19-26H,8-18H2,1-7H3. The van der Waals surface area contributed by atoms with Crippen LogP contribution in [0.1, 0.15) is 110 Å². The van der Waals surface area contributed by atoms with Gasteiger partial charge in [0.2, 0.25) is 0 Å². The first kappa shape index (κ1) is 31.6. The second-order valence-corrected chi connectivity index (χ2v) is 12.4. The molecule has 0 N–H and O–H groups in total. The van der Waals surface area contributed by atoms with Gasteiger partial charge in [-0.3, -0.25) is 0 Å². The Hall–Kier alpha value is -3.33. The van der Waals surface area contributed by atoms with Gasteiger partial charge in [-0.2, -0.15) is 0 Å². The number of aryl methyl sites for hydroxylation is 7. The van der Waals surface area contributed by atoms with Gasteiger partial charge in [0.05, 0.1) is 0 Å². The van der Waals surface area contributed by atoms with E-state index < -0.39 is 0 Å². The quantitative estimate of drug-likeness (QED) is 0.144. The first-order valence-electron chi connectivity index (χ1n) is 16.3. The lowest BCUT2D eigenvalue weighted by molar-refractivity contribution is 0.556. The summed E-state index contributed by atoms with van der Waals surface area (Å²) in [6, 6.07) is 17.8. The Morgan fingerprint density at radius 2 is 0.833 bits per heavy atom. The van der Waals surface area contributed by atoms with Crippen LogP contribution in [0.4, 0.5) is 0 Å². The molecule has 0 saturated heterocycles. The fourth-order valence-electron chi connectivity index (χ4n) is 5.79. The van der Waals surface area contributed by atoms with Crippen molar-refractivity contribution in [1.82, 2.24) is 15.0 Å². The summed E-state index contributed by atoms with van der Waals surface area (Å²) in [6.07, 6.45) is 14.8. The van der Waals surface area contributed by atoms with Gasteiger partial charge in [-0.05, 0) is 105 Å². The minimum absolute atomic E-state index is 0.732. The van der Waals surface area contributed by atoms with Crippen molar-refractivity contribution in [2.24, 2.45) is 0 Å². The summed E-state index contributed by atoms with van der Waals surface area (Å²) in [7, 11) is 0. The number of hydrogen-bond acceptors (Lipinski definition) is 3. The molecule has 0 aliphatic carbocycles. The zero-order valence-corrected chi connectivity index (χ0v) is 27.2. The molecule has 42 heavy (non-hydrogen) atoms. The lowest BCUT2D eigenvalue weighted by atomic mass is 9.99. The summed E-state index contributed by atoms with van der Waals surface area (Å²) in [5.74, 6) is 2.21. The van der Waals surface area contributed by atoms with E-state index in [1.54, 1.807) is 0 Å². The van der Waals surface area contributed by atoms with Crippen molar-refractivity contribution in [3.8, 4) is 34.2 Å². The fraction of sp³-hybridized carbons (Fsp3) is 0.462. The molecule has 1 heterocycles. The maximum atomic E-state index is 5.05. The van der Waals surface area contributed by atoms with Crippen molar-refractivity contribution in [3.63, 3.8) is 0 Å². The minimum Gasteiger partial charge on any atom is -0.208 e. The van der Waals surface area contributed by atoms with Gasteiger partial charge in [0.1, 0.15) is 0 Å². The lowest BCUT2D eigenvalue weighted by Gasteiger charge is -2.14. The highest BCUT2D eigenvalue weighted by molar-refractivity contribution is 5.70. The summed E-state index contributed by atoms with van der Waals surface area (Å²) in [5, 5.41) is 0. The van der Waals surface area contributed by atoms with Crippen LogP contribution >= 0.6 is 0 Å². The second-order valence-electron chi connectivity index (χ2n) is 12.4. The average Bonchev–Trinajstić information content (AvgIpc) is 2.98. The Labute approximate surface area is 255 Å². The van der Waals surface area contributed by atoms with Gasteiger partial charge >= 0.3 is 0 Å². The predicted octanol–water partition coefficient (Wildman–Crippen LogP) is 11.2. The molecule has 0 amide bonds. The first-order chi connectivity index (χ1) is 20.3. The monoisotopic (exact) mass is 561 g/mol. The highest BCUT2D eigenvalue weighted by Gasteiger charge is 2.16. The molecule has 0 aliphatic rings. The van der Waals surface area contributed by atoms with E-state index in [9.17, 15) is 0 Å². The van der Waals surface area contributed by atoms with Gasteiger partial charge < -0.3 is 0 Å². The summed E-state index contributed by atoms with van der Waals surface area (Å²) in [4.78, 5) is 15.1. The van der Waals surface area contributed by atoms with Gasteiger partial charge in [-0.1, -0.05) is 101 Å². The molecule has 222 valence electrons. The lowest BCUT2D eigenvalue weighted by Crippen LogP contribution is -2.03. The van der Waals surface area contributed by atoms with Crippen molar-refractivity contribution in [1.29, 1.82) is 0 Å². The van der Waals surface area contributed by atoms with Crippen LogP contribution in [0.3, 0.4) is 0 Å². The zero-order valence-electron chi connectivity index (χ0n) is 27.2. The highest BCUT2D eigenvalue weighted by Crippen LogP contribution is 2.30. The molecule has 0 radical (unpaired) electrons. The molecule has 0 atom stereocenters. The van der Waals surface area contributed by atoms with Crippen molar-refractivity contribution in [3.05, 3.63) is 87.5 Å². The second kappa shape index (κ2) is 15.2. The largest absolute Gasteiger partial charge is 0.208 e. The normalized spacial score (nSPS) is 11.3. The Kier molecular flexibility index (Phi) is 11.5. The summed E-state index contributed by atoms with van der Waals surface area (Å²) < 4.78 is 0. The Morgan fingerprint density at radius 1 is 0.429 bits per heavy atom. The van der Waals surface area contributed by atoms with Crippen molar-refractivity contribution in [2.45, 2.75) is 119 Å². The van der Waals surface area contributed by atoms with Crippen LogP contribution in [-0.4, -0.2) is 15.0 Å². The highest BCUT2D eigenvalue weighted by atomic mass is 15.0. The SMILES string of the molecule is CCCCCCCCCCCCc1ccc(-c2nc(-c3cc(C)c(C)cc3C)nc(-c3cc(C)c(C)cc3C)n2)cc1. The molecule has 0 aliphatic heterocycles. The molecular formula is C39H51N3. The van der Waals surface area contributed by atoms with Crippen LogP contribution in [0.5, 0.6) is 0 Å². The summed E-state index contributed by atoms with van der Waals surface area (Å²) >= 11 is 0. The van der Waals surface area contributed by atoms with E-state index in [1.807, 2.05) is 0 Å². The van der Waals surface area contributed by atoms with E-state index in [0.29, 0.717) is 0 Å². The maximum Gasteiger partial charge on any atom is 0.164 e. The number of unbranched alkanes of at least 4 members (excludes halogenated alkanes) is 9. The van der Waals surface area contributed by atoms with Gasteiger partial charge in [-0.25, -0.2) is 15.0 Å². The number of rotatable bonds is 14. The Balaban J connectivity index is 1.52. The third-order valence-electron chi connectivity index (χ3n) is 8.83. The smallest absolute Gasteiger partial charge is 0.164 e. The van der Waals surface area contributed by atoms with Crippen LogP contribution in [-0.2, 0) is 6.42 Å². The molecule has 0 spiro atoms. The topological polar surface area (TPSA) is 38.7 Å². The minimum atomic E-state index is 0.732. The molecule has 0 unspecified atom stereocenters. The number of hydrogen-bond donors (Lipinski definition) is 0. The molecule has 3 aromatic carbocycles. The van der Waals surface area contributed by atoms with E-state index >= 15 is 0 Å². The van der Waals surface area contributed by atoms with Crippen LogP contribution in [0.15, 0.2) is 48.5 Å². The maximum absolute atomic E-state index is 5.05. The Morgan fingerprint density at radius 3 is 1.31 bits per heavy atom. The number of aromatic nitrogens is 3. The average molecular weight is 562 g/mol. The first-order valence-corrected chi connectivity index (χ1v) is 16.3. The molecule has 0 fully saturated rings. The fourth-order valence-corrected chi connectivity index (χ4v) is 5.79. The van der Waals surface area contributed by atoms with Crippen LogP contribution in [0.2, 0.25) is 0 Å². The zero-order chi connectivity index (χ0) is 30.1. The molecule has 1 aromatic heterocycles. The number of benzene rings is 3. The van der Waals surface area contributed by atoms with E-state index in [0.717, 1.165) is 40.6 Å². The molecule has 4 aromatic rings. The molecule has 3 nitrogen and oxygen atoms in total. The van der Waals surface area contributed by atoms with E-state index in [1.165, 1.54) is 103 Å². The van der Waals surface area contributed by atoms with E-state index in [-0.39, 0.29) is 0 Å². The predicted molar refractivity (Wildman–Crippen MR) is 180 cm³/mol. The van der Waals surface area contributed by atoms with Crippen LogP contribution in [0.25, 0.3) is 34.2 Å². The van der Waals surface area contributed by atoms with Crippen molar-refractivity contribution < 1.29 is 0 Å². The Bertz CT molecular complexity index is 1390. The van der Waals surface area contributed by atoms with E-state index in [4.69, 9.17) is 15.0 Å². The van der Waals surface area contributed by atoms with Crippen molar-refractivity contribution >= 4 is 0 Å². The molecule has 4 rings (SSSR count). The molecule has 3 heteroatoms. The van der Waals surface area contributed by atoms with Gasteiger partial charge in [0.25, 0.3) is 0 Å². The number of nitrogens with zero attached hydrogens (tertiary/aromatic N) is 3. The van der Waals surface area contributed by atoms with Gasteiger partial charge in [0, 0.05) is 16.7 Å². The van der Waals surface area contributed by atoms with Crippen LogP contribution in [0, 0.1) is 41.5 Å². The van der Waals surface area contributed by atoms with Crippen molar-refractivity contribution in [2.75, 3.05) is 0 Å². The van der Waals surface area contributed by atoms with E-state index in [2.05, 4.69) is 97.0 Å². The summed E-state index contributed by atoms with van der Waals surface area (Å²) in [6.45, 7) is 15.2. The molecular weight excluding hydrogens is 510 g/mol. The van der Waals surface area contributed by atoms with Crippen LogP contribution < -0.4 is 0 Å². The molecule has 0 saturated carbocycles. The summed E-state index contributed by atoms with van der Waals surface area (Å²) in [5.41, 5.74) is 12.0. The third-order valence-corrected chi connectivity index (χ3v) is 8.83. The van der Waals surface area contributed by atoms with Gasteiger partial charge in [0.15, 0.2) is 17.5 Å². The molecule has 0 bridgehead atoms.